The number of nitrogens with one attached hydrogen (secondary N) is 2. The first-order chi connectivity index (χ1) is 8.84. The summed E-state index contributed by atoms with van der Waals surface area (Å²) in [5, 5.41) is 6.68. The number of carbonyl (C=O) groups is 1. The summed E-state index contributed by atoms with van der Waals surface area (Å²) < 4.78 is 0. The van der Waals surface area contributed by atoms with Crippen LogP contribution >= 0.6 is 0 Å². The highest BCUT2D eigenvalue weighted by molar-refractivity contribution is 5.76. The van der Waals surface area contributed by atoms with Crippen LogP contribution in [0.2, 0.25) is 0 Å². The first kappa shape index (κ1) is 13.9. The summed E-state index contributed by atoms with van der Waals surface area (Å²) in [4.78, 5) is 11.5. The second kappa shape index (κ2) is 7.78. The van der Waals surface area contributed by atoms with Gasteiger partial charge >= 0.3 is 0 Å². The molecule has 2 saturated carbocycles. The van der Waals surface area contributed by atoms with E-state index < -0.39 is 0 Å². The Labute approximate surface area is 111 Å². The van der Waals surface area contributed by atoms with Crippen molar-refractivity contribution in [3.63, 3.8) is 0 Å². The van der Waals surface area contributed by atoms with E-state index in [0.29, 0.717) is 18.5 Å². The molecule has 0 aromatic carbocycles. The Balaban J connectivity index is 1.49. The van der Waals surface area contributed by atoms with Crippen molar-refractivity contribution < 1.29 is 4.79 Å². The summed E-state index contributed by atoms with van der Waals surface area (Å²) in [6.45, 7) is 1.00. The lowest BCUT2D eigenvalue weighted by Crippen LogP contribution is -2.32. The zero-order valence-corrected chi connectivity index (χ0v) is 11.5. The van der Waals surface area contributed by atoms with E-state index in [1.54, 1.807) is 0 Å². The van der Waals surface area contributed by atoms with Crippen LogP contribution in [0.15, 0.2) is 0 Å². The van der Waals surface area contributed by atoms with Gasteiger partial charge in [0.1, 0.15) is 0 Å². The fourth-order valence-corrected chi connectivity index (χ4v) is 2.74. The molecule has 0 radical (unpaired) electrons. The third-order valence-electron chi connectivity index (χ3n) is 4.06. The van der Waals surface area contributed by atoms with Gasteiger partial charge in [-0.25, -0.2) is 0 Å². The maximum Gasteiger partial charge on any atom is 0.220 e. The molecule has 18 heavy (non-hydrogen) atoms. The second-order valence-corrected chi connectivity index (χ2v) is 5.94. The van der Waals surface area contributed by atoms with Gasteiger partial charge in [0, 0.05) is 18.5 Å². The standard InChI is InChI=1S/C15H28N2O/c18-15(17-14-10-11-14)9-6-12-16-13-7-4-2-1-3-5-8-13/h13-14,16H,1-12H2,(H,17,18). The van der Waals surface area contributed by atoms with Gasteiger partial charge in [-0.1, -0.05) is 32.1 Å². The molecule has 2 aliphatic rings. The van der Waals surface area contributed by atoms with Crippen molar-refractivity contribution in [2.75, 3.05) is 6.54 Å². The van der Waals surface area contributed by atoms with Crippen molar-refractivity contribution in [3.8, 4) is 0 Å². The van der Waals surface area contributed by atoms with E-state index in [9.17, 15) is 4.79 Å². The largest absolute Gasteiger partial charge is 0.353 e. The van der Waals surface area contributed by atoms with E-state index in [2.05, 4.69) is 10.6 Å². The first-order valence-corrected chi connectivity index (χ1v) is 7.87. The summed E-state index contributed by atoms with van der Waals surface area (Å²) in [5.41, 5.74) is 0. The summed E-state index contributed by atoms with van der Waals surface area (Å²) in [6, 6.07) is 1.22. The summed E-state index contributed by atoms with van der Waals surface area (Å²) >= 11 is 0. The minimum atomic E-state index is 0.247. The second-order valence-electron chi connectivity index (χ2n) is 5.94. The molecule has 2 aliphatic carbocycles. The normalized spacial score (nSPS) is 22.2. The van der Waals surface area contributed by atoms with Crippen LogP contribution in [0, 0.1) is 0 Å². The Morgan fingerprint density at radius 1 is 0.889 bits per heavy atom. The van der Waals surface area contributed by atoms with Gasteiger partial charge in [0.05, 0.1) is 0 Å². The Hall–Kier alpha value is -0.570. The molecule has 0 aromatic heterocycles. The van der Waals surface area contributed by atoms with E-state index in [1.165, 1.54) is 57.8 Å². The first-order valence-electron chi connectivity index (χ1n) is 7.87. The lowest BCUT2D eigenvalue weighted by molar-refractivity contribution is -0.121. The molecule has 0 spiro atoms. The van der Waals surface area contributed by atoms with E-state index in [0.717, 1.165) is 13.0 Å². The van der Waals surface area contributed by atoms with Gasteiger partial charge in [0.15, 0.2) is 0 Å². The Morgan fingerprint density at radius 3 is 2.22 bits per heavy atom. The molecule has 0 heterocycles. The Morgan fingerprint density at radius 2 is 1.56 bits per heavy atom. The maximum atomic E-state index is 11.5. The molecular formula is C15H28N2O. The highest BCUT2D eigenvalue weighted by Gasteiger charge is 2.22. The molecule has 0 bridgehead atoms. The molecule has 2 rings (SSSR count). The van der Waals surface area contributed by atoms with Crippen LogP contribution in [0.3, 0.4) is 0 Å². The summed E-state index contributed by atoms with van der Waals surface area (Å²) in [6.07, 6.45) is 13.7. The minimum Gasteiger partial charge on any atom is -0.353 e. The van der Waals surface area contributed by atoms with E-state index in [1.807, 2.05) is 0 Å². The zero-order valence-electron chi connectivity index (χ0n) is 11.5. The molecule has 2 N–H and O–H groups in total. The molecule has 0 saturated heterocycles. The quantitative estimate of drug-likeness (QED) is 0.714. The average Bonchev–Trinajstić information content (AvgIpc) is 3.10. The molecule has 0 aliphatic heterocycles. The van der Waals surface area contributed by atoms with Gasteiger partial charge in [-0.15, -0.1) is 0 Å². The van der Waals surface area contributed by atoms with Crippen molar-refractivity contribution in [1.29, 1.82) is 0 Å². The zero-order chi connectivity index (χ0) is 12.6. The van der Waals surface area contributed by atoms with Crippen LogP contribution in [0.25, 0.3) is 0 Å². The summed E-state index contributed by atoms with van der Waals surface area (Å²) in [7, 11) is 0. The molecule has 0 unspecified atom stereocenters. The van der Waals surface area contributed by atoms with Crippen LogP contribution in [-0.2, 0) is 4.79 Å². The molecule has 1 amide bonds. The summed E-state index contributed by atoms with van der Waals surface area (Å²) in [5.74, 6) is 0.247. The molecule has 3 heteroatoms. The third kappa shape index (κ3) is 5.85. The lowest BCUT2D eigenvalue weighted by Gasteiger charge is -2.21. The number of hydrogen-bond acceptors (Lipinski definition) is 2. The highest BCUT2D eigenvalue weighted by Crippen LogP contribution is 2.19. The molecule has 0 atom stereocenters. The van der Waals surface area contributed by atoms with Gasteiger partial charge in [-0.2, -0.15) is 0 Å². The fraction of sp³-hybridized carbons (Fsp3) is 0.933. The van der Waals surface area contributed by atoms with Crippen LogP contribution in [0.4, 0.5) is 0 Å². The molecule has 2 fully saturated rings. The highest BCUT2D eigenvalue weighted by atomic mass is 16.1. The third-order valence-corrected chi connectivity index (χ3v) is 4.06. The van der Waals surface area contributed by atoms with Gasteiger partial charge < -0.3 is 10.6 Å². The van der Waals surface area contributed by atoms with Gasteiger partial charge in [0.25, 0.3) is 0 Å². The molecule has 0 aromatic rings. The average molecular weight is 252 g/mol. The number of rotatable bonds is 6. The topological polar surface area (TPSA) is 41.1 Å². The van der Waals surface area contributed by atoms with Crippen LogP contribution in [0.5, 0.6) is 0 Å². The van der Waals surface area contributed by atoms with Gasteiger partial charge in [0.2, 0.25) is 5.91 Å². The van der Waals surface area contributed by atoms with Gasteiger partial charge in [-0.05, 0) is 38.6 Å². The monoisotopic (exact) mass is 252 g/mol. The van der Waals surface area contributed by atoms with E-state index in [-0.39, 0.29) is 5.91 Å². The molecule has 3 nitrogen and oxygen atoms in total. The van der Waals surface area contributed by atoms with Crippen molar-refractivity contribution in [1.82, 2.24) is 10.6 Å². The van der Waals surface area contributed by atoms with E-state index >= 15 is 0 Å². The van der Waals surface area contributed by atoms with Gasteiger partial charge in [-0.3, -0.25) is 4.79 Å². The predicted octanol–water partition coefficient (Wildman–Crippen LogP) is 2.75. The van der Waals surface area contributed by atoms with Crippen molar-refractivity contribution in [3.05, 3.63) is 0 Å². The lowest BCUT2D eigenvalue weighted by atomic mass is 9.97. The SMILES string of the molecule is O=C(CCCNC1CCCCCCC1)NC1CC1. The van der Waals surface area contributed by atoms with Crippen molar-refractivity contribution in [2.45, 2.75) is 82.7 Å². The molecule has 104 valence electrons. The predicted molar refractivity (Wildman–Crippen MR) is 74.5 cm³/mol. The number of hydrogen-bond donors (Lipinski definition) is 2. The number of amides is 1. The van der Waals surface area contributed by atoms with Crippen molar-refractivity contribution >= 4 is 5.91 Å². The van der Waals surface area contributed by atoms with Crippen LogP contribution in [0.1, 0.15) is 70.6 Å². The minimum absolute atomic E-state index is 0.247. The van der Waals surface area contributed by atoms with Crippen molar-refractivity contribution in [2.24, 2.45) is 0 Å². The Kier molecular flexibility index (Phi) is 5.98. The van der Waals surface area contributed by atoms with E-state index in [4.69, 9.17) is 0 Å². The van der Waals surface area contributed by atoms with Crippen LogP contribution < -0.4 is 10.6 Å². The smallest absolute Gasteiger partial charge is 0.220 e. The maximum absolute atomic E-state index is 11.5. The fourth-order valence-electron chi connectivity index (χ4n) is 2.74. The number of carbonyl (C=O) groups excluding carboxylic acids is 1. The molecular weight excluding hydrogens is 224 g/mol. The Bertz CT molecular complexity index is 243. The van der Waals surface area contributed by atoms with Crippen LogP contribution in [-0.4, -0.2) is 24.5 Å².